The summed E-state index contributed by atoms with van der Waals surface area (Å²) >= 11 is 0. The number of nitrogens with zero attached hydrogens (tertiary/aromatic N) is 3. The molecule has 1 aromatic carbocycles. The average molecular weight is 324 g/mol. The highest BCUT2D eigenvalue weighted by atomic mass is 16.2. The van der Waals surface area contributed by atoms with Gasteiger partial charge >= 0.3 is 0 Å². The van der Waals surface area contributed by atoms with Crippen LogP contribution in [0.1, 0.15) is 27.9 Å². The molecule has 0 unspecified atom stereocenters. The number of hydrogen-bond donors (Lipinski definition) is 1. The molecular weight excluding hydrogens is 304 g/mol. The molecule has 2 amide bonds. The Morgan fingerprint density at radius 3 is 2.96 bits per heavy atom. The van der Waals surface area contributed by atoms with E-state index in [4.69, 9.17) is 0 Å². The van der Waals surface area contributed by atoms with Crippen molar-refractivity contribution >= 4 is 17.5 Å². The first-order valence-electron chi connectivity index (χ1n) is 7.91. The Kier molecular flexibility index (Phi) is 4.46. The minimum absolute atomic E-state index is 0.135. The van der Waals surface area contributed by atoms with Crippen molar-refractivity contribution in [3.63, 3.8) is 0 Å². The zero-order valence-corrected chi connectivity index (χ0v) is 13.7. The summed E-state index contributed by atoms with van der Waals surface area (Å²) in [4.78, 5) is 26.3. The highest BCUT2D eigenvalue weighted by Gasteiger charge is 2.24. The minimum atomic E-state index is -0.136. The van der Waals surface area contributed by atoms with Crippen LogP contribution in [0, 0.1) is 0 Å². The molecule has 1 aliphatic heterocycles. The van der Waals surface area contributed by atoms with Gasteiger partial charge in [0.05, 0.1) is 6.20 Å². The average Bonchev–Trinajstić information content (AvgIpc) is 3.03. The van der Waals surface area contributed by atoms with E-state index in [1.165, 1.54) is 6.08 Å². The number of carbonyl (C=O) groups excluding carboxylic acids is 2. The zero-order chi connectivity index (χ0) is 17.1. The van der Waals surface area contributed by atoms with Gasteiger partial charge in [0.15, 0.2) is 0 Å². The summed E-state index contributed by atoms with van der Waals surface area (Å²) in [6.45, 7) is 4.63. The Balaban J connectivity index is 1.82. The minimum Gasteiger partial charge on any atom is -0.348 e. The lowest BCUT2D eigenvalue weighted by Gasteiger charge is -2.29. The van der Waals surface area contributed by atoms with Crippen LogP contribution in [-0.4, -0.2) is 28.1 Å². The Hall–Kier alpha value is -2.89. The molecule has 0 aliphatic carbocycles. The predicted octanol–water partition coefficient (Wildman–Crippen LogP) is 1.82. The molecule has 24 heavy (non-hydrogen) atoms. The highest BCUT2D eigenvalue weighted by molar-refractivity contribution is 6.04. The third-order valence-electron chi connectivity index (χ3n) is 4.15. The fourth-order valence-corrected chi connectivity index (χ4v) is 3.02. The van der Waals surface area contributed by atoms with Crippen molar-refractivity contribution in [3.05, 3.63) is 59.9 Å². The number of aryl methyl sites for hydroxylation is 1. The first kappa shape index (κ1) is 16.0. The fourth-order valence-electron chi connectivity index (χ4n) is 3.02. The van der Waals surface area contributed by atoms with E-state index >= 15 is 0 Å². The summed E-state index contributed by atoms with van der Waals surface area (Å²) < 4.78 is 1.70. The number of carbonyl (C=O) groups is 2. The predicted molar refractivity (Wildman–Crippen MR) is 91.7 cm³/mol. The van der Waals surface area contributed by atoms with Crippen LogP contribution in [-0.2, 0) is 24.8 Å². The van der Waals surface area contributed by atoms with Crippen molar-refractivity contribution < 1.29 is 9.59 Å². The van der Waals surface area contributed by atoms with Crippen LogP contribution < -0.4 is 10.2 Å². The molecule has 0 radical (unpaired) electrons. The van der Waals surface area contributed by atoms with Crippen molar-refractivity contribution in [1.82, 2.24) is 15.1 Å². The standard InChI is InChI=1S/C18H20N4O2/c1-3-17(23)22-9-5-7-14-15(6-4-8-16(14)22)18(24)19-10-13-11-20-21(2)12-13/h3-4,6,8,11-12H,1,5,7,9-10H2,2H3,(H,19,24). The molecule has 2 heterocycles. The van der Waals surface area contributed by atoms with Crippen LogP contribution >= 0.6 is 0 Å². The number of fused-ring (bicyclic) bond motifs is 1. The lowest BCUT2D eigenvalue weighted by atomic mass is 9.95. The third-order valence-corrected chi connectivity index (χ3v) is 4.15. The first-order chi connectivity index (χ1) is 11.6. The van der Waals surface area contributed by atoms with Crippen LogP contribution in [0.3, 0.4) is 0 Å². The van der Waals surface area contributed by atoms with Gasteiger partial charge in [0, 0.05) is 43.1 Å². The van der Waals surface area contributed by atoms with Crippen molar-refractivity contribution in [1.29, 1.82) is 0 Å². The number of benzene rings is 1. The molecular formula is C18H20N4O2. The number of aromatic nitrogens is 2. The van der Waals surface area contributed by atoms with E-state index in [-0.39, 0.29) is 11.8 Å². The highest BCUT2D eigenvalue weighted by Crippen LogP contribution is 2.30. The second kappa shape index (κ2) is 6.70. The molecule has 0 bridgehead atoms. The Labute approximate surface area is 140 Å². The zero-order valence-electron chi connectivity index (χ0n) is 13.7. The molecule has 1 aromatic heterocycles. The van der Waals surface area contributed by atoms with Gasteiger partial charge in [-0.3, -0.25) is 14.3 Å². The molecule has 1 aliphatic rings. The van der Waals surface area contributed by atoms with E-state index in [1.54, 1.807) is 21.8 Å². The summed E-state index contributed by atoms with van der Waals surface area (Å²) in [7, 11) is 1.84. The molecule has 0 spiro atoms. The van der Waals surface area contributed by atoms with E-state index in [1.807, 2.05) is 25.4 Å². The largest absolute Gasteiger partial charge is 0.348 e. The molecule has 0 atom stereocenters. The molecule has 124 valence electrons. The van der Waals surface area contributed by atoms with Gasteiger partial charge in [-0.25, -0.2) is 0 Å². The molecule has 2 aromatic rings. The molecule has 1 N–H and O–H groups in total. The molecule has 0 saturated heterocycles. The number of rotatable bonds is 4. The third kappa shape index (κ3) is 3.08. The normalized spacial score (nSPS) is 13.3. The van der Waals surface area contributed by atoms with Gasteiger partial charge in [-0.15, -0.1) is 0 Å². The van der Waals surface area contributed by atoms with Gasteiger partial charge in [-0.2, -0.15) is 5.10 Å². The van der Waals surface area contributed by atoms with Crippen molar-refractivity contribution in [3.8, 4) is 0 Å². The summed E-state index contributed by atoms with van der Waals surface area (Å²) in [5, 5.41) is 7.01. The van der Waals surface area contributed by atoms with Crippen molar-refractivity contribution in [2.75, 3.05) is 11.4 Å². The van der Waals surface area contributed by atoms with E-state index in [0.717, 1.165) is 29.7 Å². The fraction of sp³-hybridized carbons (Fsp3) is 0.278. The van der Waals surface area contributed by atoms with Crippen molar-refractivity contribution in [2.24, 2.45) is 7.05 Å². The van der Waals surface area contributed by atoms with Crippen LogP contribution in [0.4, 0.5) is 5.69 Å². The molecule has 6 heteroatoms. The van der Waals surface area contributed by atoms with Crippen LogP contribution in [0.2, 0.25) is 0 Å². The molecule has 0 saturated carbocycles. The second-order valence-corrected chi connectivity index (χ2v) is 5.81. The second-order valence-electron chi connectivity index (χ2n) is 5.81. The number of amides is 2. The van der Waals surface area contributed by atoms with Gasteiger partial charge < -0.3 is 10.2 Å². The van der Waals surface area contributed by atoms with E-state index in [9.17, 15) is 9.59 Å². The van der Waals surface area contributed by atoms with Crippen LogP contribution in [0.5, 0.6) is 0 Å². The van der Waals surface area contributed by atoms with Gasteiger partial charge in [0.1, 0.15) is 0 Å². The Morgan fingerprint density at radius 2 is 2.25 bits per heavy atom. The quantitative estimate of drug-likeness (QED) is 0.872. The Bertz CT molecular complexity index is 794. The summed E-state index contributed by atoms with van der Waals surface area (Å²) in [5.74, 6) is -0.271. The number of nitrogens with one attached hydrogen (secondary N) is 1. The van der Waals surface area contributed by atoms with Crippen molar-refractivity contribution in [2.45, 2.75) is 19.4 Å². The van der Waals surface area contributed by atoms with E-state index < -0.39 is 0 Å². The maximum Gasteiger partial charge on any atom is 0.251 e. The number of anilines is 1. The smallest absolute Gasteiger partial charge is 0.251 e. The lowest BCUT2D eigenvalue weighted by molar-refractivity contribution is -0.114. The summed E-state index contributed by atoms with van der Waals surface area (Å²) in [6, 6.07) is 5.50. The van der Waals surface area contributed by atoms with Gasteiger partial charge in [-0.05, 0) is 36.6 Å². The molecule has 3 rings (SSSR count). The monoisotopic (exact) mass is 324 g/mol. The van der Waals surface area contributed by atoms with Gasteiger partial charge in [0.2, 0.25) is 5.91 Å². The van der Waals surface area contributed by atoms with Crippen LogP contribution in [0.25, 0.3) is 0 Å². The summed E-state index contributed by atoms with van der Waals surface area (Å²) in [5.41, 5.74) is 3.29. The Morgan fingerprint density at radius 1 is 1.42 bits per heavy atom. The maximum absolute atomic E-state index is 12.6. The first-order valence-corrected chi connectivity index (χ1v) is 7.91. The van der Waals surface area contributed by atoms with E-state index in [2.05, 4.69) is 17.0 Å². The maximum atomic E-state index is 12.6. The summed E-state index contributed by atoms with van der Waals surface area (Å²) in [6.07, 6.45) is 6.52. The SMILES string of the molecule is C=CC(=O)N1CCCc2c(C(=O)NCc3cnn(C)c3)cccc21. The lowest BCUT2D eigenvalue weighted by Crippen LogP contribution is -2.35. The van der Waals surface area contributed by atoms with Gasteiger partial charge in [0.25, 0.3) is 5.91 Å². The molecule has 0 fully saturated rings. The molecule has 6 nitrogen and oxygen atoms in total. The topological polar surface area (TPSA) is 67.2 Å². The van der Waals surface area contributed by atoms with E-state index in [0.29, 0.717) is 18.7 Å². The van der Waals surface area contributed by atoms with Crippen LogP contribution in [0.15, 0.2) is 43.2 Å². The number of hydrogen-bond acceptors (Lipinski definition) is 3. The van der Waals surface area contributed by atoms with Gasteiger partial charge in [-0.1, -0.05) is 12.6 Å².